The highest BCUT2D eigenvalue weighted by Crippen LogP contribution is 2.20. The molecule has 0 bridgehead atoms. The number of benzene rings is 1. The van der Waals surface area contributed by atoms with Crippen LogP contribution in [-0.2, 0) is 4.79 Å². The molecule has 0 unspecified atom stereocenters. The number of rotatable bonds is 4. The molecule has 22 heavy (non-hydrogen) atoms. The van der Waals surface area contributed by atoms with Gasteiger partial charge < -0.3 is 10.2 Å². The van der Waals surface area contributed by atoms with Crippen molar-refractivity contribution in [1.82, 2.24) is 10.2 Å². The third-order valence-corrected chi connectivity index (χ3v) is 2.89. The van der Waals surface area contributed by atoms with Crippen molar-refractivity contribution in [3.05, 3.63) is 39.4 Å². The monoisotopic (exact) mass is 307 g/mol. The Kier molecular flexibility index (Phi) is 5.24. The first kappa shape index (κ1) is 17.6. The number of hydrogen-bond donors (Lipinski definition) is 1. The molecule has 0 spiro atoms. The van der Waals surface area contributed by atoms with Crippen LogP contribution in [-0.4, -0.2) is 40.8 Å². The van der Waals surface area contributed by atoms with E-state index in [9.17, 15) is 19.7 Å². The summed E-state index contributed by atoms with van der Waals surface area (Å²) in [5, 5.41) is 13.7. The number of carbonyl (C=O) groups is 2. The summed E-state index contributed by atoms with van der Waals surface area (Å²) in [5.74, 6) is -0.725. The summed E-state index contributed by atoms with van der Waals surface area (Å²) in [7, 11) is 1.48. The largest absolute Gasteiger partial charge is 0.350 e. The SMILES string of the molecule is Cc1ccc(C(=O)N(C)CC(=O)NC(C)(C)C)cc1[N+](=O)[O-]. The van der Waals surface area contributed by atoms with Gasteiger partial charge >= 0.3 is 0 Å². The minimum absolute atomic E-state index is 0.113. The fraction of sp³-hybridized carbons (Fsp3) is 0.467. The Bertz CT molecular complexity index is 605. The molecule has 1 aromatic rings. The molecule has 7 nitrogen and oxygen atoms in total. The molecule has 0 atom stereocenters. The molecule has 7 heteroatoms. The topological polar surface area (TPSA) is 92.6 Å². The average molecular weight is 307 g/mol. The van der Waals surface area contributed by atoms with Gasteiger partial charge in [0.15, 0.2) is 0 Å². The Morgan fingerprint density at radius 3 is 2.41 bits per heavy atom. The van der Waals surface area contributed by atoms with Crippen LogP contribution >= 0.6 is 0 Å². The van der Waals surface area contributed by atoms with Crippen LogP contribution in [0.25, 0.3) is 0 Å². The number of likely N-dealkylation sites (N-methyl/N-ethyl adjacent to an activating group) is 1. The van der Waals surface area contributed by atoms with E-state index >= 15 is 0 Å². The zero-order valence-corrected chi connectivity index (χ0v) is 13.5. The van der Waals surface area contributed by atoms with Gasteiger partial charge in [-0.2, -0.15) is 0 Å². The number of amides is 2. The summed E-state index contributed by atoms with van der Waals surface area (Å²) in [5.41, 5.74) is 0.167. The summed E-state index contributed by atoms with van der Waals surface area (Å²) in [6, 6.07) is 4.27. The molecule has 1 N–H and O–H groups in total. The van der Waals surface area contributed by atoms with Crippen LogP contribution in [0.3, 0.4) is 0 Å². The number of nitrogens with one attached hydrogen (secondary N) is 1. The van der Waals surface area contributed by atoms with Crippen molar-refractivity contribution in [3.63, 3.8) is 0 Å². The number of nitro groups is 1. The van der Waals surface area contributed by atoms with Crippen LogP contribution < -0.4 is 5.32 Å². The van der Waals surface area contributed by atoms with Crippen LogP contribution in [0.15, 0.2) is 18.2 Å². The minimum atomic E-state index is -0.529. The van der Waals surface area contributed by atoms with E-state index in [-0.39, 0.29) is 29.2 Å². The zero-order chi connectivity index (χ0) is 17.1. The van der Waals surface area contributed by atoms with E-state index in [0.29, 0.717) is 5.56 Å². The smallest absolute Gasteiger partial charge is 0.273 e. The van der Waals surface area contributed by atoms with Gasteiger partial charge in [-0.05, 0) is 33.8 Å². The molecule has 0 saturated heterocycles. The van der Waals surface area contributed by atoms with Crippen molar-refractivity contribution < 1.29 is 14.5 Å². The number of nitrogens with zero attached hydrogens (tertiary/aromatic N) is 2. The minimum Gasteiger partial charge on any atom is -0.350 e. The molecule has 0 aliphatic carbocycles. The van der Waals surface area contributed by atoms with Crippen LogP contribution in [0.5, 0.6) is 0 Å². The predicted molar refractivity (Wildman–Crippen MR) is 82.7 cm³/mol. The lowest BCUT2D eigenvalue weighted by Gasteiger charge is -2.23. The quantitative estimate of drug-likeness (QED) is 0.679. The van der Waals surface area contributed by atoms with E-state index in [2.05, 4.69) is 5.32 Å². The lowest BCUT2D eigenvalue weighted by Crippen LogP contribution is -2.46. The van der Waals surface area contributed by atoms with Crippen LogP contribution in [0.4, 0.5) is 5.69 Å². The zero-order valence-electron chi connectivity index (χ0n) is 13.5. The van der Waals surface area contributed by atoms with Crippen molar-refractivity contribution in [2.24, 2.45) is 0 Å². The Hall–Kier alpha value is -2.44. The molecule has 0 fully saturated rings. The highest BCUT2D eigenvalue weighted by Gasteiger charge is 2.21. The third kappa shape index (κ3) is 4.83. The van der Waals surface area contributed by atoms with Gasteiger partial charge in [0.1, 0.15) is 0 Å². The molecular weight excluding hydrogens is 286 g/mol. The Labute approximate surface area is 129 Å². The summed E-state index contributed by atoms with van der Waals surface area (Å²) in [6.45, 7) is 7.02. The molecule has 1 aromatic carbocycles. The van der Waals surface area contributed by atoms with E-state index in [1.807, 2.05) is 20.8 Å². The summed E-state index contributed by atoms with van der Waals surface area (Å²) in [4.78, 5) is 35.7. The van der Waals surface area contributed by atoms with Crippen molar-refractivity contribution >= 4 is 17.5 Å². The second kappa shape index (κ2) is 6.55. The fourth-order valence-electron chi connectivity index (χ4n) is 1.90. The van der Waals surface area contributed by atoms with E-state index in [4.69, 9.17) is 0 Å². The number of aryl methyl sites for hydroxylation is 1. The van der Waals surface area contributed by atoms with Crippen molar-refractivity contribution in [1.29, 1.82) is 0 Å². The van der Waals surface area contributed by atoms with Gasteiger partial charge in [0, 0.05) is 29.8 Å². The number of hydrogen-bond acceptors (Lipinski definition) is 4. The van der Waals surface area contributed by atoms with Crippen molar-refractivity contribution in [2.45, 2.75) is 33.2 Å². The van der Waals surface area contributed by atoms with Gasteiger partial charge in [-0.3, -0.25) is 19.7 Å². The van der Waals surface area contributed by atoms with Gasteiger partial charge in [-0.25, -0.2) is 0 Å². The third-order valence-electron chi connectivity index (χ3n) is 2.89. The Morgan fingerprint density at radius 1 is 1.32 bits per heavy atom. The second-order valence-electron chi connectivity index (χ2n) is 6.22. The first-order valence-corrected chi connectivity index (χ1v) is 6.83. The summed E-state index contributed by atoms with van der Waals surface area (Å²) >= 11 is 0. The molecule has 0 aliphatic rings. The van der Waals surface area contributed by atoms with Gasteiger partial charge in [-0.1, -0.05) is 6.07 Å². The molecular formula is C15H21N3O4. The molecule has 0 aromatic heterocycles. The highest BCUT2D eigenvalue weighted by atomic mass is 16.6. The van der Waals surface area contributed by atoms with Crippen LogP contribution in [0.1, 0.15) is 36.7 Å². The lowest BCUT2D eigenvalue weighted by molar-refractivity contribution is -0.385. The maximum absolute atomic E-state index is 12.3. The van der Waals surface area contributed by atoms with Gasteiger partial charge in [0.05, 0.1) is 11.5 Å². The molecule has 0 saturated carbocycles. The van der Waals surface area contributed by atoms with Gasteiger partial charge in [0.2, 0.25) is 5.91 Å². The van der Waals surface area contributed by atoms with Gasteiger partial charge in [-0.15, -0.1) is 0 Å². The lowest BCUT2D eigenvalue weighted by atomic mass is 10.1. The van der Waals surface area contributed by atoms with Crippen molar-refractivity contribution in [3.8, 4) is 0 Å². The molecule has 2 amide bonds. The predicted octanol–water partition coefficient (Wildman–Crippen LogP) is 1.89. The second-order valence-corrected chi connectivity index (χ2v) is 6.22. The molecule has 120 valence electrons. The average Bonchev–Trinajstić information content (AvgIpc) is 2.35. The Morgan fingerprint density at radius 2 is 1.91 bits per heavy atom. The van der Waals surface area contributed by atoms with Crippen molar-refractivity contribution in [2.75, 3.05) is 13.6 Å². The first-order chi connectivity index (χ1) is 10.0. The van der Waals surface area contributed by atoms with E-state index in [1.54, 1.807) is 6.92 Å². The first-order valence-electron chi connectivity index (χ1n) is 6.83. The standard InChI is InChI=1S/C15H21N3O4/c1-10-6-7-11(8-12(10)18(21)22)14(20)17(5)9-13(19)16-15(2,3)4/h6-8H,9H2,1-5H3,(H,16,19). The highest BCUT2D eigenvalue weighted by molar-refractivity contribution is 5.97. The fourth-order valence-corrected chi connectivity index (χ4v) is 1.90. The summed E-state index contributed by atoms with van der Waals surface area (Å²) < 4.78 is 0. The number of carbonyl (C=O) groups excluding carboxylic acids is 2. The van der Waals surface area contributed by atoms with E-state index in [1.165, 1.54) is 30.1 Å². The molecule has 1 rings (SSSR count). The van der Waals surface area contributed by atoms with Crippen LogP contribution in [0, 0.1) is 17.0 Å². The molecule has 0 heterocycles. The Balaban J connectivity index is 2.85. The van der Waals surface area contributed by atoms with E-state index < -0.39 is 10.8 Å². The van der Waals surface area contributed by atoms with Crippen LogP contribution in [0.2, 0.25) is 0 Å². The normalized spacial score (nSPS) is 11.0. The molecule has 0 radical (unpaired) electrons. The number of nitro benzene ring substituents is 1. The summed E-state index contributed by atoms with van der Waals surface area (Å²) in [6.07, 6.45) is 0. The van der Waals surface area contributed by atoms with Gasteiger partial charge in [0.25, 0.3) is 11.6 Å². The van der Waals surface area contributed by atoms with E-state index in [0.717, 1.165) is 0 Å². The molecule has 0 aliphatic heterocycles. The maximum atomic E-state index is 12.3. The maximum Gasteiger partial charge on any atom is 0.273 e.